The highest BCUT2D eigenvalue weighted by Crippen LogP contribution is 2.15. The summed E-state index contributed by atoms with van der Waals surface area (Å²) in [4.78, 5) is 20.3. The maximum absolute atomic E-state index is 11.8. The van der Waals surface area contributed by atoms with Gasteiger partial charge in [-0.15, -0.1) is 24.0 Å². The monoisotopic (exact) mass is 467 g/mol. The van der Waals surface area contributed by atoms with Gasteiger partial charge in [-0.3, -0.25) is 9.69 Å². The summed E-state index contributed by atoms with van der Waals surface area (Å²) in [5.74, 6) is 1.27. The number of carbonyl (C=O) groups is 1. The fourth-order valence-electron chi connectivity index (χ4n) is 3.20. The van der Waals surface area contributed by atoms with Gasteiger partial charge in [0.2, 0.25) is 5.91 Å². The number of amides is 1. The minimum Gasteiger partial charge on any atom is -0.381 e. The molecule has 2 rings (SSSR count). The van der Waals surface area contributed by atoms with Gasteiger partial charge in [0.15, 0.2) is 5.96 Å². The number of hydrogen-bond donors (Lipinski definition) is 2. The van der Waals surface area contributed by atoms with E-state index in [2.05, 4.69) is 27.4 Å². The number of nitrogens with zero attached hydrogens (tertiary/aromatic N) is 3. The van der Waals surface area contributed by atoms with E-state index in [1.54, 1.807) is 19.0 Å². The number of likely N-dealkylation sites (tertiary alicyclic amines) is 1. The van der Waals surface area contributed by atoms with Gasteiger partial charge >= 0.3 is 0 Å². The molecule has 146 valence electrons. The molecule has 0 aromatic carbocycles. The van der Waals surface area contributed by atoms with Crippen molar-refractivity contribution in [2.24, 2.45) is 10.9 Å². The topological polar surface area (TPSA) is 69.2 Å². The molecule has 0 aromatic rings. The minimum atomic E-state index is 0. The van der Waals surface area contributed by atoms with Gasteiger partial charge in [-0.05, 0) is 32.4 Å². The summed E-state index contributed by atoms with van der Waals surface area (Å²) in [5.41, 5.74) is 0. The summed E-state index contributed by atoms with van der Waals surface area (Å²) < 4.78 is 5.42. The molecule has 2 heterocycles. The minimum absolute atomic E-state index is 0. The predicted octanol–water partition coefficient (Wildman–Crippen LogP) is 0.749. The van der Waals surface area contributed by atoms with Crippen LogP contribution in [0.4, 0.5) is 0 Å². The van der Waals surface area contributed by atoms with Crippen LogP contribution in [0.2, 0.25) is 0 Å². The van der Waals surface area contributed by atoms with Crippen molar-refractivity contribution in [1.29, 1.82) is 0 Å². The summed E-state index contributed by atoms with van der Waals surface area (Å²) in [6.45, 7) is 8.02. The Bertz CT molecular complexity index is 427. The highest BCUT2D eigenvalue weighted by atomic mass is 127. The van der Waals surface area contributed by atoms with Crippen LogP contribution in [0.5, 0.6) is 0 Å². The maximum atomic E-state index is 11.8. The van der Waals surface area contributed by atoms with E-state index in [1.165, 1.54) is 19.4 Å². The first-order valence-corrected chi connectivity index (χ1v) is 9.14. The number of ether oxygens (including phenoxy) is 1. The van der Waals surface area contributed by atoms with Gasteiger partial charge in [0.1, 0.15) is 6.54 Å². The van der Waals surface area contributed by atoms with Crippen molar-refractivity contribution in [2.75, 3.05) is 60.0 Å². The molecule has 0 aromatic heterocycles. The highest BCUT2D eigenvalue weighted by molar-refractivity contribution is 14.0. The first-order chi connectivity index (χ1) is 11.6. The van der Waals surface area contributed by atoms with Gasteiger partial charge in [0.25, 0.3) is 0 Å². The normalized spacial score (nSPS) is 24.0. The molecule has 8 heteroatoms. The van der Waals surface area contributed by atoms with Crippen molar-refractivity contribution in [2.45, 2.75) is 32.2 Å². The van der Waals surface area contributed by atoms with Crippen molar-refractivity contribution < 1.29 is 9.53 Å². The zero-order valence-electron chi connectivity index (χ0n) is 15.8. The maximum Gasteiger partial charge on any atom is 0.243 e. The van der Waals surface area contributed by atoms with Crippen LogP contribution in [0.3, 0.4) is 0 Å². The number of nitrogens with one attached hydrogen (secondary N) is 2. The standard InChI is InChI=1S/C17H33N5O2.HI/c1-4-22-8-5-6-15(22)11-19-17(20-12-16(23)21(2)3)18-10-14-7-9-24-13-14;/h14-15H,4-13H2,1-3H3,(H2,18,19,20);1H. The third kappa shape index (κ3) is 7.65. The van der Waals surface area contributed by atoms with E-state index in [1.807, 2.05) is 0 Å². The van der Waals surface area contributed by atoms with Crippen molar-refractivity contribution >= 4 is 35.8 Å². The summed E-state index contributed by atoms with van der Waals surface area (Å²) in [7, 11) is 3.51. The van der Waals surface area contributed by atoms with Crippen LogP contribution in [0.1, 0.15) is 26.2 Å². The number of rotatable bonds is 7. The molecule has 1 amide bonds. The van der Waals surface area contributed by atoms with E-state index in [4.69, 9.17) is 4.74 Å². The summed E-state index contributed by atoms with van der Waals surface area (Å²) in [6, 6.07) is 0.557. The second-order valence-corrected chi connectivity index (χ2v) is 6.87. The SMILES string of the molecule is CCN1CCCC1CNC(=NCC(=O)N(C)C)NCC1CCOC1.I. The third-order valence-electron chi connectivity index (χ3n) is 4.86. The van der Waals surface area contributed by atoms with Crippen molar-refractivity contribution in [3.05, 3.63) is 0 Å². The number of hydrogen-bond acceptors (Lipinski definition) is 4. The van der Waals surface area contributed by atoms with Crippen molar-refractivity contribution in [3.8, 4) is 0 Å². The quantitative estimate of drug-likeness (QED) is 0.329. The molecule has 2 unspecified atom stereocenters. The Morgan fingerprint density at radius 2 is 2.04 bits per heavy atom. The fraction of sp³-hybridized carbons (Fsp3) is 0.882. The van der Waals surface area contributed by atoms with Gasteiger partial charge in [0, 0.05) is 45.8 Å². The Morgan fingerprint density at radius 3 is 2.68 bits per heavy atom. The van der Waals surface area contributed by atoms with Gasteiger partial charge in [-0.2, -0.15) is 0 Å². The zero-order valence-corrected chi connectivity index (χ0v) is 18.1. The van der Waals surface area contributed by atoms with Crippen LogP contribution in [0.15, 0.2) is 4.99 Å². The van der Waals surface area contributed by atoms with Crippen LogP contribution < -0.4 is 10.6 Å². The molecular weight excluding hydrogens is 433 g/mol. The lowest BCUT2D eigenvalue weighted by atomic mass is 10.1. The Balaban J connectivity index is 0.00000312. The van der Waals surface area contributed by atoms with Crippen molar-refractivity contribution in [1.82, 2.24) is 20.4 Å². The summed E-state index contributed by atoms with van der Waals surface area (Å²) in [5, 5.41) is 6.81. The lowest BCUT2D eigenvalue weighted by Gasteiger charge is -2.24. The number of aliphatic imine (C=N–C) groups is 1. The molecular formula is C17H34IN5O2. The lowest BCUT2D eigenvalue weighted by Crippen LogP contribution is -2.46. The van der Waals surface area contributed by atoms with E-state index in [9.17, 15) is 4.79 Å². The number of halogens is 1. The average Bonchev–Trinajstić information content (AvgIpc) is 3.24. The smallest absolute Gasteiger partial charge is 0.243 e. The van der Waals surface area contributed by atoms with E-state index in [0.29, 0.717) is 12.0 Å². The molecule has 0 bridgehead atoms. The molecule has 2 aliphatic rings. The lowest BCUT2D eigenvalue weighted by molar-refractivity contribution is -0.127. The first kappa shape index (κ1) is 22.4. The van der Waals surface area contributed by atoms with Crippen LogP contribution in [0, 0.1) is 5.92 Å². The number of guanidine groups is 1. The molecule has 2 aliphatic heterocycles. The molecule has 2 atom stereocenters. The van der Waals surface area contributed by atoms with Gasteiger partial charge < -0.3 is 20.3 Å². The van der Waals surface area contributed by atoms with E-state index in [0.717, 1.165) is 45.2 Å². The summed E-state index contributed by atoms with van der Waals surface area (Å²) in [6.07, 6.45) is 3.57. The summed E-state index contributed by atoms with van der Waals surface area (Å²) >= 11 is 0. The Labute approximate surface area is 169 Å². The van der Waals surface area contributed by atoms with Crippen LogP contribution in [-0.4, -0.2) is 87.7 Å². The van der Waals surface area contributed by atoms with E-state index in [-0.39, 0.29) is 36.4 Å². The molecule has 2 fully saturated rings. The molecule has 25 heavy (non-hydrogen) atoms. The second-order valence-electron chi connectivity index (χ2n) is 6.87. The van der Waals surface area contributed by atoms with Crippen molar-refractivity contribution in [3.63, 3.8) is 0 Å². The van der Waals surface area contributed by atoms with E-state index < -0.39 is 0 Å². The van der Waals surface area contributed by atoms with Gasteiger partial charge in [-0.1, -0.05) is 6.92 Å². The molecule has 2 N–H and O–H groups in total. The Morgan fingerprint density at radius 1 is 1.28 bits per heavy atom. The Kier molecular flexibility index (Phi) is 10.7. The largest absolute Gasteiger partial charge is 0.381 e. The number of carbonyl (C=O) groups excluding carboxylic acids is 1. The second kappa shape index (κ2) is 11.9. The Hall–Kier alpha value is -0.610. The van der Waals surface area contributed by atoms with Gasteiger partial charge in [-0.25, -0.2) is 4.99 Å². The fourth-order valence-corrected chi connectivity index (χ4v) is 3.20. The molecule has 0 aliphatic carbocycles. The highest BCUT2D eigenvalue weighted by Gasteiger charge is 2.23. The molecule has 0 radical (unpaired) electrons. The number of likely N-dealkylation sites (N-methyl/N-ethyl adjacent to an activating group) is 2. The first-order valence-electron chi connectivity index (χ1n) is 9.14. The molecule has 2 saturated heterocycles. The zero-order chi connectivity index (χ0) is 17.4. The average molecular weight is 467 g/mol. The van der Waals surface area contributed by atoms with Crippen LogP contribution in [-0.2, 0) is 9.53 Å². The van der Waals surface area contributed by atoms with Crippen LogP contribution >= 0.6 is 24.0 Å². The third-order valence-corrected chi connectivity index (χ3v) is 4.86. The molecule has 7 nitrogen and oxygen atoms in total. The predicted molar refractivity (Wildman–Crippen MR) is 112 cm³/mol. The van der Waals surface area contributed by atoms with Gasteiger partial charge in [0.05, 0.1) is 6.61 Å². The molecule has 0 spiro atoms. The molecule has 0 saturated carbocycles. The van der Waals surface area contributed by atoms with E-state index >= 15 is 0 Å². The van der Waals surface area contributed by atoms with Crippen LogP contribution in [0.25, 0.3) is 0 Å².